The van der Waals surface area contributed by atoms with Gasteiger partial charge in [-0.05, 0) is 18.4 Å². The molecule has 0 aromatic carbocycles. The molecule has 1 N–H and O–H groups in total. The third-order valence-electron chi connectivity index (χ3n) is 3.44. The summed E-state index contributed by atoms with van der Waals surface area (Å²) in [5, 5.41) is 7.63. The van der Waals surface area contributed by atoms with Crippen LogP contribution < -0.4 is 5.32 Å². The quantitative estimate of drug-likeness (QED) is 0.937. The maximum Gasteiger partial charge on any atom is 0.242 e. The number of rotatable bonds is 3. The fraction of sp³-hybridized carbons (Fsp3) is 0.357. The Labute approximate surface area is 130 Å². The van der Waals surface area contributed by atoms with E-state index in [1.165, 1.54) is 0 Å². The smallest absolute Gasteiger partial charge is 0.242 e. The van der Waals surface area contributed by atoms with Gasteiger partial charge in [0, 0.05) is 18.5 Å². The predicted molar refractivity (Wildman–Crippen MR) is 83.3 cm³/mol. The number of carbonyl (C=O) groups is 2. The first-order chi connectivity index (χ1) is 10.1. The average molecular weight is 321 g/mol. The van der Waals surface area contributed by atoms with E-state index in [9.17, 15) is 9.59 Å². The summed E-state index contributed by atoms with van der Waals surface area (Å²) in [7, 11) is 0. The Hall–Kier alpha value is -1.73. The molecule has 110 valence electrons. The Bertz CT molecular complexity index is 651. The number of nitrogens with zero attached hydrogens (tertiary/aromatic N) is 2. The summed E-state index contributed by atoms with van der Waals surface area (Å²) in [6.07, 6.45) is 0.249. The van der Waals surface area contributed by atoms with E-state index in [1.807, 2.05) is 22.9 Å². The molecule has 0 bridgehead atoms. The van der Waals surface area contributed by atoms with Gasteiger partial charge in [-0.3, -0.25) is 9.59 Å². The molecule has 1 fully saturated rings. The molecule has 2 amide bonds. The number of hydrogen-bond donors (Lipinski definition) is 1. The molecular formula is C14H15N3O2S2. The molecule has 1 aliphatic rings. The lowest BCUT2D eigenvalue weighted by Crippen LogP contribution is -2.56. The van der Waals surface area contributed by atoms with Gasteiger partial charge >= 0.3 is 0 Å². The summed E-state index contributed by atoms with van der Waals surface area (Å²) in [6, 6.07) is 3.61. The molecule has 7 heteroatoms. The van der Waals surface area contributed by atoms with Crippen LogP contribution in [0.2, 0.25) is 0 Å². The Morgan fingerprint density at radius 1 is 1.52 bits per heavy atom. The van der Waals surface area contributed by atoms with Crippen LogP contribution in [0.15, 0.2) is 22.9 Å². The van der Waals surface area contributed by atoms with Gasteiger partial charge in [-0.1, -0.05) is 6.07 Å². The van der Waals surface area contributed by atoms with Gasteiger partial charge in [-0.25, -0.2) is 4.98 Å². The van der Waals surface area contributed by atoms with Crippen LogP contribution in [0, 0.1) is 0 Å². The van der Waals surface area contributed by atoms with Gasteiger partial charge in [0.15, 0.2) is 0 Å². The van der Waals surface area contributed by atoms with Crippen LogP contribution in [0.1, 0.15) is 12.6 Å². The lowest BCUT2D eigenvalue weighted by Gasteiger charge is -2.32. The maximum absolute atomic E-state index is 12.3. The SMILES string of the molecule is CC1C(=O)NCCN1C(=O)Cc1csc(-c2cccs2)n1. The monoisotopic (exact) mass is 321 g/mol. The van der Waals surface area contributed by atoms with Gasteiger partial charge < -0.3 is 10.2 Å². The second-order valence-corrected chi connectivity index (χ2v) is 6.66. The van der Waals surface area contributed by atoms with E-state index >= 15 is 0 Å². The van der Waals surface area contributed by atoms with Gasteiger partial charge in [0.1, 0.15) is 11.0 Å². The average Bonchev–Trinajstić information content (AvgIpc) is 3.12. The van der Waals surface area contributed by atoms with Crippen LogP contribution in [0.3, 0.4) is 0 Å². The summed E-state index contributed by atoms with van der Waals surface area (Å²) in [5.74, 6) is -0.132. The molecule has 0 spiro atoms. The molecular weight excluding hydrogens is 306 g/mol. The van der Waals surface area contributed by atoms with Crippen molar-refractivity contribution >= 4 is 34.5 Å². The highest BCUT2D eigenvalue weighted by atomic mass is 32.1. The molecule has 5 nitrogen and oxygen atoms in total. The Morgan fingerprint density at radius 3 is 3.14 bits per heavy atom. The van der Waals surface area contributed by atoms with Gasteiger partial charge in [-0.15, -0.1) is 22.7 Å². The standard InChI is InChI=1S/C14H15N3O2S2/c1-9-13(19)15-4-5-17(9)12(18)7-10-8-21-14(16-10)11-3-2-6-20-11/h2-3,6,8-9H,4-5,7H2,1H3,(H,15,19). The highest BCUT2D eigenvalue weighted by molar-refractivity contribution is 7.20. The van der Waals surface area contributed by atoms with Gasteiger partial charge in [-0.2, -0.15) is 0 Å². The summed E-state index contributed by atoms with van der Waals surface area (Å²) >= 11 is 3.18. The fourth-order valence-corrected chi connectivity index (χ4v) is 3.92. The first-order valence-electron chi connectivity index (χ1n) is 6.70. The van der Waals surface area contributed by atoms with E-state index in [4.69, 9.17) is 0 Å². The normalized spacial score (nSPS) is 18.6. The van der Waals surface area contributed by atoms with Crippen molar-refractivity contribution in [1.82, 2.24) is 15.2 Å². The minimum atomic E-state index is -0.401. The van der Waals surface area contributed by atoms with Crippen molar-refractivity contribution in [2.24, 2.45) is 0 Å². The number of thiophene rings is 1. The van der Waals surface area contributed by atoms with E-state index < -0.39 is 6.04 Å². The van der Waals surface area contributed by atoms with Gasteiger partial charge in [0.05, 0.1) is 17.0 Å². The number of nitrogens with one attached hydrogen (secondary N) is 1. The Morgan fingerprint density at radius 2 is 2.38 bits per heavy atom. The lowest BCUT2D eigenvalue weighted by molar-refractivity contribution is -0.142. The maximum atomic E-state index is 12.3. The fourth-order valence-electron chi connectivity index (χ4n) is 2.28. The van der Waals surface area contributed by atoms with Crippen molar-refractivity contribution in [2.45, 2.75) is 19.4 Å². The molecule has 21 heavy (non-hydrogen) atoms. The number of hydrogen-bond acceptors (Lipinski definition) is 5. The molecule has 1 aliphatic heterocycles. The number of carbonyl (C=O) groups excluding carboxylic acids is 2. The molecule has 0 radical (unpaired) electrons. The van der Waals surface area contributed by atoms with Crippen molar-refractivity contribution < 1.29 is 9.59 Å². The lowest BCUT2D eigenvalue weighted by atomic mass is 10.2. The first kappa shape index (κ1) is 14.2. The predicted octanol–water partition coefficient (Wildman–Crippen LogP) is 1.76. The number of piperazine rings is 1. The molecule has 0 saturated carbocycles. The number of amides is 2. The van der Waals surface area contributed by atoms with E-state index in [1.54, 1.807) is 34.5 Å². The Kier molecular flexibility index (Phi) is 4.03. The second-order valence-electron chi connectivity index (χ2n) is 4.85. The zero-order valence-corrected chi connectivity index (χ0v) is 13.2. The van der Waals surface area contributed by atoms with Crippen LogP contribution in [0.5, 0.6) is 0 Å². The third-order valence-corrected chi connectivity index (χ3v) is 5.37. The highest BCUT2D eigenvalue weighted by Crippen LogP contribution is 2.28. The van der Waals surface area contributed by atoms with E-state index in [2.05, 4.69) is 10.3 Å². The summed E-state index contributed by atoms with van der Waals surface area (Å²) < 4.78 is 0. The molecule has 1 atom stereocenters. The summed E-state index contributed by atoms with van der Waals surface area (Å²) in [5.41, 5.74) is 0.770. The van der Waals surface area contributed by atoms with Crippen molar-refractivity contribution in [2.75, 3.05) is 13.1 Å². The highest BCUT2D eigenvalue weighted by Gasteiger charge is 2.29. The van der Waals surface area contributed by atoms with Crippen molar-refractivity contribution in [3.63, 3.8) is 0 Å². The third kappa shape index (κ3) is 2.98. The van der Waals surface area contributed by atoms with Crippen molar-refractivity contribution in [3.8, 4) is 9.88 Å². The van der Waals surface area contributed by atoms with E-state index in [0.29, 0.717) is 13.1 Å². The van der Waals surface area contributed by atoms with Gasteiger partial charge in [0.2, 0.25) is 11.8 Å². The zero-order valence-electron chi connectivity index (χ0n) is 11.5. The van der Waals surface area contributed by atoms with Crippen LogP contribution >= 0.6 is 22.7 Å². The van der Waals surface area contributed by atoms with Crippen molar-refractivity contribution in [1.29, 1.82) is 0 Å². The molecule has 0 aliphatic carbocycles. The zero-order chi connectivity index (χ0) is 14.8. The van der Waals surface area contributed by atoms with Crippen LogP contribution in [0.4, 0.5) is 0 Å². The van der Waals surface area contributed by atoms with Gasteiger partial charge in [0.25, 0.3) is 0 Å². The largest absolute Gasteiger partial charge is 0.353 e. The molecule has 2 aromatic rings. The van der Waals surface area contributed by atoms with E-state index in [0.717, 1.165) is 15.6 Å². The first-order valence-corrected chi connectivity index (χ1v) is 8.46. The van der Waals surface area contributed by atoms with Crippen LogP contribution in [-0.4, -0.2) is 40.8 Å². The van der Waals surface area contributed by atoms with E-state index in [-0.39, 0.29) is 18.2 Å². The minimum absolute atomic E-state index is 0.0413. The van der Waals surface area contributed by atoms with Crippen LogP contribution in [0.25, 0.3) is 9.88 Å². The summed E-state index contributed by atoms with van der Waals surface area (Å²) in [4.78, 5) is 31.2. The van der Waals surface area contributed by atoms with Crippen LogP contribution in [-0.2, 0) is 16.0 Å². The molecule has 1 unspecified atom stereocenters. The Balaban J connectivity index is 1.69. The molecule has 3 heterocycles. The second kappa shape index (κ2) is 5.95. The minimum Gasteiger partial charge on any atom is -0.353 e. The van der Waals surface area contributed by atoms with Crippen molar-refractivity contribution in [3.05, 3.63) is 28.6 Å². The summed E-state index contributed by atoms with van der Waals surface area (Å²) in [6.45, 7) is 2.84. The molecule has 1 saturated heterocycles. The number of aromatic nitrogens is 1. The molecule has 2 aromatic heterocycles. The number of thiazole rings is 1. The molecule has 3 rings (SSSR count). The topological polar surface area (TPSA) is 62.3 Å².